The molecular weight excluding hydrogens is 414 g/mol. The van der Waals surface area contributed by atoms with E-state index < -0.39 is 17.4 Å². The summed E-state index contributed by atoms with van der Waals surface area (Å²) < 4.78 is 0. The van der Waals surface area contributed by atoms with Gasteiger partial charge in [0.05, 0.1) is 24.1 Å². The molecule has 3 aliphatic rings. The number of para-hydroxylation sites is 2. The van der Waals surface area contributed by atoms with E-state index in [1.807, 2.05) is 67.6 Å². The molecule has 6 rings (SSSR count). The SMILES string of the molecule is C[C@@H]1N[C@]2(C(=O)N(Cc3ccccc3)c3ccccc32)[C@@H]2C(=O)N(c3ccccc3)C(=O)[C@@H]12. The van der Waals surface area contributed by atoms with Crippen molar-refractivity contribution >= 4 is 29.1 Å². The number of nitrogens with one attached hydrogen (secondary N) is 1. The average Bonchev–Trinajstić information content (AvgIpc) is 3.39. The molecule has 0 aliphatic carbocycles. The van der Waals surface area contributed by atoms with E-state index in [0.717, 1.165) is 16.8 Å². The number of carbonyl (C=O) groups is 3. The van der Waals surface area contributed by atoms with Crippen LogP contribution in [0.1, 0.15) is 18.1 Å². The number of fused-ring (bicyclic) bond motifs is 4. The van der Waals surface area contributed by atoms with E-state index in [1.165, 1.54) is 4.90 Å². The van der Waals surface area contributed by atoms with Crippen molar-refractivity contribution in [1.29, 1.82) is 0 Å². The van der Waals surface area contributed by atoms with Crippen molar-refractivity contribution in [2.45, 2.75) is 25.0 Å². The molecule has 0 unspecified atom stereocenters. The Balaban J connectivity index is 1.48. The first-order chi connectivity index (χ1) is 16.0. The van der Waals surface area contributed by atoms with E-state index in [1.54, 1.807) is 29.2 Å². The second-order valence-corrected chi connectivity index (χ2v) is 8.99. The van der Waals surface area contributed by atoms with Crippen molar-refractivity contribution in [3.63, 3.8) is 0 Å². The fraction of sp³-hybridized carbons (Fsp3) is 0.222. The molecule has 2 saturated heterocycles. The fourth-order valence-electron chi connectivity index (χ4n) is 5.86. The van der Waals surface area contributed by atoms with Crippen LogP contribution in [-0.2, 0) is 26.5 Å². The van der Waals surface area contributed by atoms with Gasteiger partial charge in [0.2, 0.25) is 11.8 Å². The van der Waals surface area contributed by atoms with E-state index in [-0.39, 0.29) is 23.8 Å². The van der Waals surface area contributed by atoms with Crippen LogP contribution in [0.5, 0.6) is 0 Å². The van der Waals surface area contributed by atoms with Crippen molar-refractivity contribution < 1.29 is 14.4 Å². The fourth-order valence-corrected chi connectivity index (χ4v) is 5.86. The summed E-state index contributed by atoms with van der Waals surface area (Å²) in [5.74, 6) is -2.15. The molecule has 0 radical (unpaired) electrons. The Morgan fingerprint density at radius 2 is 1.45 bits per heavy atom. The first-order valence-corrected chi connectivity index (χ1v) is 11.2. The maximum absolute atomic E-state index is 14.2. The molecule has 2 fully saturated rings. The molecule has 0 saturated carbocycles. The van der Waals surface area contributed by atoms with Crippen LogP contribution in [0.25, 0.3) is 0 Å². The Morgan fingerprint density at radius 1 is 0.818 bits per heavy atom. The number of anilines is 2. The van der Waals surface area contributed by atoms with Gasteiger partial charge in [0.15, 0.2) is 0 Å². The molecule has 6 heteroatoms. The number of hydrogen-bond donors (Lipinski definition) is 1. The van der Waals surface area contributed by atoms with Crippen LogP contribution in [-0.4, -0.2) is 23.8 Å². The predicted molar refractivity (Wildman–Crippen MR) is 124 cm³/mol. The summed E-state index contributed by atoms with van der Waals surface area (Å²) in [7, 11) is 0. The van der Waals surface area contributed by atoms with Crippen LogP contribution < -0.4 is 15.1 Å². The maximum Gasteiger partial charge on any atom is 0.253 e. The Morgan fingerprint density at radius 3 is 2.18 bits per heavy atom. The van der Waals surface area contributed by atoms with Gasteiger partial charge in [-0.1, -0.05) is 66.7 Å². The molecule has 33 heavy (non-hydrogen) atoms. The molecule has 4 atom stereocenters. The standard InChI is InChI=1S/C27H23N3O3/c1-17-22-23(25(32)30(24(22)31)19-12-6-3-7-13-19)27(28-17)20-14-8-9-15-21(20)29(26(27)33)16-18-10-4-2-5-11-18/h2-15,17,22-23,28H,16H2,1H3/t17-,22-,23-,27-/m0/s1. The zero-order valence-electron chi connectivity index (χ0n) is 18.1. The van der Waals surface area contributed by atoms with Gasteiger partial charge in [-0.3, -0.25) is 19.7 Å². The van der Waals surface area contributed by atoms with Gasteiger partial charge in [0.1, 0.15) is 5.54 Å². The molecule has 3 heterocycles. The highest BCUT2D eigenvalue weighted by Gasteiger charge is 2.71. The highest BCUT2D eigenvalue weighted by atomic mass is 16.2. The van der Waals surface area contributed by atoms with Gasteiger partial charge >= 0.3 is 0 Å². The van der Waals surface area contributed by atoms with Gasteiger partial charge in [-0.05, 0) is 30.7 Å². The number of hydrogen-bond acceptors (Lipinski definition) is 4. The molecule has 1 N–H and O–H groups in total. The zero-order valence-corrected chi connectivity index (χ0v) is 18.1. The van der Waals surface area contributed by atoms with E-state index in [2.05, 4.69) is 5.32 Å². The summed E-state index contributed by atoms with van der Waals surface area (Å²) in [4.78, 5) is 44.5. The highest BCUT2D eigenvalue weighted by Crippen LogP contribution is 2.55. The Bertz CT molecular complexity index is 1280. The van der Waals surface area contributed by atoms with E-state index in [0.29, 0.717) is 12.2 Å². The minimum atomic E-state index is -1.26. The van der Waals surface area contributed by atoms with E-state index >= 15 is 0 Å². The normalized spacial score (nSPS) is 28.0. The lowest BCUT2D eigenvalue weighted by atomic mass is 9.76. The number of amides is 3. The van der Waals surface area contributed by atoms with Gasteiger partial charge in [-0.2, -0.15) is 0 Å². The minimum absolute atomic E-state index is 0.178. The zero-order chi connectivity index (χ0) is 22.7. The van der Waals surface area contributed by atoms with E-state index in [9.17, 15) is 14.4 Å². The Kier molecular flexibility index (Phi) is 4.29. The third-order valence-electron chi connectivity index (χ3n) is 7.21. The van der Waals surface area contributed by atoms with Crippen molar-refractivity contribution in [3.8, 4) is 0 Å². The number of benzene rings is 3. The van der Waals surface area contributed by atoms with Crippen molar-refractivity contribution in [2.24, 2.45) is 11.8 Å². The monoisotopic (exact) mass is 437 g/mol. The summed E-state index contributed by atoms with van der Waals surface area (Å²) >= 11 is 0. The number of carbonyl (C=O) groups excluding carboxylic acids is 3. The molecule has 6 nitrogen and oxygen atoms in total. The van der Waals surface area contributed by atoms with Crippen LogP contribution in [0, 0.1) is 11.8 Å². The van der Waals surface area contributed by atoms with Gasteiger partial charge < -0.3 is 4.90 Å². The molecule has 164 valence electrons. The lowest BCUT2D eigenvalue weighted by Crippen LogP contribution is -2.54. The Hall–Kier alpha value is -3.77. The first kappa shape index (κ1) is 19.9. The van der Waals surface area contributed by atoms with Gasteiger partial charge in [0.25, 0.3) is 5.91 Å². The van der Waals surface area contributed by atoms with Gasteiger partial charge in [-0.25, -0.2) is 4.90 Å². The molecule has 0 bridgehead atoms. The van der Waals surface area contributed by atoms with Crippen LogP contribution in [0.15, 0.2) is 84.9 Å². The van der Waals surface area contributed by atoms with Crippen molar-refractivity contribution in [1.82, 2.24) is 5.32 Å². The second kappa shape index (κ2) is 7.12. The lowest BCUT2D eigenvalue weighted by molar-refractivity contribution is -0.132. The second-order valence-electron chi connectivity index (χ2n) is 8.99. The Labute approximate surface area is 191 Å². The molecule has 1 spiro atoms. The predicted octanol–water partition coefficient (Wildman–Crippen LogP) is 3.23. The summed E-state index contributed by atoms with van der Waals surface area (Å²) in [5, 5.41) is 3.43. The summed E-state index contributed by atoms with van der Waals surface area (Å²) in [6.07, 6.45) is 0. The quantitative estimate of drug-likeness (QED) is 0.639. The molecule has 3 aromatic rings. The smallest absolute Gasteiger partial charge is 0.253 e. The molecule has 0 aromatic heterocycles. The van der Waals surface area contributed by atoms with Crippen molar-refractivity contribution in [3.05, 3.63) is 96.1 Å². The molecule has 3 amide bonds. The molecular formula is C27H23N3O3. The van der Waals surface area contributed by atoms with E-state index in [4.69, 9.17) is 0 Å². The van der Waals surface area contributed by atoms with Crippen LogP contribution in [0.3, 0.4) is 0 Å². The van der Waals surface area contributed by atoms with Crippen LogP contribution in [0.4, 0.5) is 11.4 Å². The minimum Gasteiger partial charge on any atom is -0.306 e. The largest absolute Gasteiger partial charge is 0.306 e. The lowest BCUT2D eigenvalue weighted by Gasteiger charge is -2.30. The number of rotatable bonds is 3. The van der Waals surface area contributed by atoms with Crippen LogP contribution >= 0.6 is 0 Å². The third-order valence-corrected chi connectivity index (χ3v) is 7.21. The molecule has 3 aromatic carbocycles. The number of nitrogens with zero attached hydrogens (tertiary/aromatic N) is 2. The summed E-state index contributed by atoms with van der Waals surface area (Å²) in [6, 6.07) is 26.0. The maximum atomic E-state index is 14.2. The summed E-state index contributed by atoms with van der Waals surface area (Å²) in [5.41, 5.74) is 1.83. The van der Waals surface area contributed by atoms with Crippen LogP contribution in [0.2, 0.25) is 0 Å². The van der Waals surface area contributed by atoms with Gasteiger partial charge in [0, 0.05) is 17.3 Å². The third kappa shape index (κ3) is 2.61. The average molecular weight is 437 g/mol. The summed E-state index contributed by atoms with van der Waals surface area (Å²) in [6.45, 7) is 2.29. The first-order valence-electron chi connectivity index (χ1n) is 11.2. The topological polar surface area (TPSA) is 69.7 Å². The van der Waals surface area contributed by atoms with Crippen molar-refractivity contribution in [2.75, 3.05) is 9.80 Å². The molecule has 3 aliphatic heterocycles. The number of imide groups is 1. The van der Waals surface area contributed by atoms with Gasteiger partial charge in [-0.15, -0.1) is 0 Å². The highest BCUT2D eigenvalue weighted by molar-refractivity contribution is 6.26.